The van der Waals surface area contributed by atoms with Crippen molar-refractivity contribution in [1.82, 2.24) is 0 Å². The molecule has 2 rings (SSSR count). The van der Waals surface area contributed by atoms with Crippen LogP contribution in [0.25, 0.3) is 0 Å². The summed E-state index contributed by atoms with van der Waals surface area (Å²) in [6.07, 6.45) is 0.549. The van der Waals surface area contributed by atoms with E-state index in [1.807, 2.05) is 0 Å². The molecule has 0 bridgehead atoms. The topological polar surface area (TPSA) is 84.5 Å². The molecule has 3 N–H and O–H groups in total. The first kappa shape index (κ1) is 14.7. The van der Waals surface area contributed by atoms with Crippen LogP contribution in [-0.4, -0.2) is 32.4 Å². The van der Waals surface area contributed by atoms with Crippen LogP contribution in [0.5, 0.6) is 0 Å². The average molecular weight is 303 g/mol. The van der Waals surface area contributed by atoms with Gasteiger partial charge in [-0.2, -0.15) is 0 Å². The van der Waals surface area contributed by atoms with Crippen LogP contribution >= 0.6 is 0 Å². The summed E-state index contributed by atoms with van der Waals surface area (Å²) in [6, 6.07) is 2.95. The van der Waals surface area contributed by atoms with Gasteiger partial charge >= 0.3 is 0 Å². The lowest BCUT2D eigenvalue weighted by Crippen LogP contribution is -2.24. The molecule has 1 atom stereocenters. The standard InChI is InChI=1S/C12H15F2N3O2S/c13-9-1-2-10(14)11(5-9)17-12(15)16-6-8-3-4-20(18,19)7-8/h1-2,5,8H,3-4,6-7H2,(H3,15,16,17). The molecule has 1 aromatic rings. The van der Waals surface area contributed by atoms with Gasteiger partial charge in [0.15, 0.2) is 15.8 Å². The third-order valence-corrected chi connectivity index (χ3v) is 4.87. The van der Waals surface area contributed by atoms with Gasteiger partial charge in [-0.1, -0.05) is 0 Å². The first-order chi connectivity index (χ1) is 9.35. The van der Waals surface area contributed by atoms with Gasteiger partial charge in [0.1, 0.15) is 11.6 Å². The average Bonchev–Trinajstić information content (AvgIpc) is 2.71. The third-order valence-electron chi connectivity index (χ3n) is 3.04. The molecule has 0 amide bonds. The lowest BCUT2D eigenvalue weighted by atomic mass is 10.1. The Morgan fingerprint density at radius 2 is 2.20 bits per heavy atom. The highest BCUT2D eigenvalue weighted by Gasteiger charge is 2.27. The Balaban J connectivity index is 1.96. The minimum absolute atomic E-state index is 0.0706. The zero-order valence-electron chi connectivity index (χ0n) is 10.6. The molecule has 0 aromatic heterocycles. The van der Waals surface area contributed by atoms with Crippen molar-refractivity contribution in [2.45, 2.75) is 6.42 Å². The van der Waals surface area contributed by atoms with Gasteiger partial charge in [0.25, 0.3) is 0 Å². The lowest BCUT2D eigenvalue weighted by Gasteiger charge is -2.08. The smallest absolute Gasteiger partial charge is 0.193 e. The van der Waals surface area contributed by atoms with E-state index < -0.39 is 21.5 Å². The van der Waals surface area contributed by atoms with Crippen molar-refractivity contribution < 1.29 is 17.2 Å². The second-order valence-electron chi connectivity index (χ2n) is 4.74. The number of benzene rings is 1. The number of guanidine groups is 1. The number of anilines is 1. The Bertz CT molecular complexity index is 632. The Kier molecular flexibility index (Phi) is 4.22. The second kappa shape index (κ2) is 5.74. The van der Waals surface area contributed by atoms with Gasteiger partial charge < -0.3 is 11.1 Å². The fourth-order valence-corrected chi connectivity index (χ4v) is 3.86. The van der Waals surface area contributed by atoms with Gasteiger partial charge in [-0.3, -0.25) is 4.99 Å². The third kappa shape index (κ3) is 3.89. The van der Waals surface area contributed by atoms with E-state index in [0.717, 1.165) is 18.2 Å². The van der Waals surface area contributed by atoms with Gasteiger partial charge in [-0.25, -0.2) is 17.2 Å². The molecule has 1 aliphatic heterocycles. The van der Waals surface area contributed by atoms with Crippen LogP contribution in [-0.2, 0) is 9.84 Å². The van der Waals surface area contributed by atoms with Gasteiger partial charge in [-0.05, 0) is 24.5 Å². The molecule has 1 aromatic carbocycles. The van der Waals surface area contributed by atoms with Gasteiger partial charge in [0.2, 0.25) is 0 Å². The molecule has 0 radical (unpaired) electrons. The second-order valence-corrected chi connectivity index (χ2v) is 6.97. The minimum Gasteiger partial charge on any atom is -0.370 e. The van der Waals surface area contributed by atoms with Crippen LogP contribution in [0.4, 0.5) is 14.5 Å². The first-order valence-electron chi connectivity index (χ1n) is 6.08. The highest BCUT2D eigenvalue weighted by Crippen LogP contribution is 2.19. The maximum Gasteiger partial charge on any atom is 0.193 e. The Morgan fingerprint density at radius 3 is 2.85 bits per heavy atom. The Labute approximate surface area is 115 Å². The Hall–Kier alpha value is -1.70. The highest BCUT2D eigenvalue weighted by atomic mass is 32.2. The van der Waals surface area contributed by atoms with E-state index in [-0.39, 0.29) is 35.6 Å². The van der Waals surface area contributed by atoms with E-state index in [2.05, 4.69) is 10.3 Å². The van der Waals surface area contributed by atoms with Crippen molar-refractivity contribution in [3.05, 3.63) is 29.8 Å². The molecule has 20 heavy (non-hydrogen) atoms. The fourth-order valence-electron chi connectivity index (χ4n) is 2.01. The first-order valence-corrected chi connectivity index (χ1v) is 7.90. The number of halogens is 2. The van der Waals surface area contributed by atoms with Crippen LogP contribution in [0.1, 0.15) is 6.42 Å². The molecule has 5 nitrogen and oxygen atoms in total. The van der Waals surface area contributed by atoms with Crippen LogP contribution < -0.4 is 11.1 Å². The van der Waals surface area contributed by atoms with E-state index in [4.69, 9.17) is 5.73 Å². The SMILES string of the molecule is NC(=NCC1CCS(=O)(=O)C1)Nc1cc(F)ccc1F. The maximum atomic E-state index is 13.4. The van der Waals surface area contributed by atoms with Crippen molar-refractivity contribution in [3.63, 3.8) is 0 Å². The van der Waals surface area contributed by atoms with Crippen molar-refractivity contribution in [2.24, 2.45) is 16.6 Å². The number of sulfone groups is 1. The number of aliphatic imine (C=N–C) groups is 1. The molecule has 1 saturated heterocycles. The number of hydrogen-bond donors (Lipinski definition) is 2. The van der Waals surface area contributed by atoms with E-state index >= 15 is 0 Å². The van der Waals surface area contributed by atoms with Gasteiger partial charge in [-0.15, -0.1) is 0 Å². The molecular weight excluding hydrogens is 288 g/mol. The van der Waals surface area contributed by atoms with Crippen LogP contribution in [0, 0.1) is 17.6 Å². The Morgan fingerprint density at radius 1 is 1.45 bits per heavy atom. The maximum absolute atomic E-state index is 13.4. The largest absolute Gasteiger partial charge is 0.370 e. The van der Waals surface area contributed by atoms with Crippen molar-refractivity contribution >= 4 is 21.5 Å². The van der Waals surface area contributed by atoms with Crippen LogP contribution in [0.15, 0.2) is 23.2 Å². The molecule has 110 valence electrons. The zero-order chi connectivity index (χ0) is 14.8. The molecule has 8 heteroatoms. The molecule has 1 unspecified atom stereocenters. The summed E-state index contributed by atoms with van der Waals surface area (Å²) in [6.45, 7) is 0.245. The van der Waals surface area contributed by atoms with Gasteiger partial charge in [0, 0.05) is 12.6 Å². The number of nitrogens with one attached hydrogen (secondary N) is 1. The van der Waals surface area contributed by atoms with E-state index in [0.29, 0.717) is 6.42 Å². The zero-order valence-corrected chi connectivity index (χ0v) is 11.5. The van der Waals surface area contributed by atoms with E-state index in [1.54, 1.807) is 0 Å². The number of nitrogens with two attached hydrogens (primary N) is 1. The molecular formula is C12H15F2N3O2S. The minimum atomic E-state index is -2.95. The molecule has 1 aliphatic rings. The van der Waals surface area contributed by atoms with Crippen molar-refractivity contribution in [3.8, 4) is 0 Å². The summed E-state index contributed by atoms with van der Waals surface area (Å²) in [5.74, 6) is -1.12. The highest BCUT2D eigenvalue weighted by molar-refractivity contribution is 7.91. The number of hydrogen-bond acceptors (Lipinski definition) is 3. The molecule has 0 saturated carbocycles. The quantitative estimate of drug-likeness (QED) is 0.647. The summed E-state index contributed by atoms with van der Waals surface area (Å²) < 4.78 is 48.9. The fraction of sp³-hybridized carbons (Fsp3) is 0.417. The molecule has 1 heterocycles. The predicted octanol–water partition coefficient (Wildman–Crippen LogP) is 1.13. The lowest BCUT2D eigenvalue weighted by molar-refractivity contribution is 0.591. The van der Waals surface area contributed by atoms with E-state index in [9.17, 15) is 17.2 Å². The summed E-state index contributed by atoms with van der Waals surface area (Å²) >= 11 is 0. The summed E-state index contributed by atoms with van der Waals surface area (Å²) in [7, 11) is -2.95. The van der Waals surface area contributed by atoms with Crippen molar-refractivity contribution in [2.75, 3.05) is 23.4 Å². The number of rotatable bonds is 3. The molecule has 1 fully saturated rings. The van der Waals surface area contributed by atoms with Crippen LogP contribution in [0.3, 0.4) is 0 Å². The molecule has 0 spiro atoms. The summed E-state index contributed by atoms with van der Waals surface area (Å²) in [5, 5.41) is 2.46. The monoisotopic (exact) mass is 303 g/mol. The number of nitrogens with zero attached hydrogens (tertiary/aromatic N) is 1. The summed E-state index contributed by atoms with van der Waals surface area (Å²) in [5.41, 5.74) is 5.46. The van der Waals surface area contributed by atoms with Gasteiger partial charge in [0.05, 0.1) is 17.2 Å². The van der Waals surface area contributed by atoms with Crippen LogP contribution in [0.2, 0.25) is 0 Å². The van der Waals surface area contributed by atoms with Crippen molar-refractivity contribution in [1.29, 1.82) is 0 Å². The summed E-state index contributed by atoms with van der Waals surface area (Å²) in [4.78, 5) is 3.97. The molecule has 0 aliphatic carbocycles. The predicted molar refractivity (Wildman–Crippen MR) is 73.2 cm³/mol. The van der Waals surface area contributed by atoms with E-state index in [1.165, 1.54) is 0 Å². The normalized spacial score (nSPS) is 21.9.